The number of sulfonamides is 1. The second kappa shape index (κ2) is 5.60. The Hall–Kier alpha value is -1.92. The van der Waals surface area contributed by atoms with Gasteiger partial charge in [0.15, 0.2) is 0 Å². The first kappa shape index (κ1) is 14.5. The van der Waals surface area contributed by atoms with Gasteiger partial charge in [0, 0.05) is 13.6 Å². The van der Waals surface area contributed by atoms with Gasteiger partial charge in [-0.15, -0.1) is 0 Å². The molecule has 0 atom stereocenters. The van der Waals surface area contributed by atoms with Crippen LogP contribution in [0.1, 0.15) is 5.56 Å². The minimum atomic E-state index is -3.81. The molecule has 2 aromatic carbocycles. The minimum absolute atomic E-state index is 0.0909. The van der Waals surface area contributed by atoms with Crippen molar-refractivity contribution in [1.29, 1.82) is 0 Å². The lowest BCUT2D eigenvalue weighted by molar-refractivity contribution is 0.589. The Morgan fingerprint density at radius 1 is 1.15 bits per heavy atom. The summed E-state index contributed by atoms with van der Waals surface area (Å²) in [5.41, 5.74) is 6.80. The Kier molecular flexibility index (Phi) is 4.06. The van der Waals surface area contributed by atoms with E-state index in [-0.39, 0.29) is 11.4 Å². The molecule has 0 bridgehead atoms. The number of anilines is 1. The standard InChI is InChI=1S/C14H15FN2O2S/c1-17(14-8-3-2-5-11(14)10-16)20(18,19)13-7-4-6-12(15)9-13/h2-9H,10,16H2,1H3. The van der Waals surface area contributed by atoms with Crippen LogP contribution in [0.25, 0.3) is 0 Å². The van der Waals surface area contributed by atoms with Gasteiger partial charge in [0.05, 0.1) is 10.6 Å². The fraction of sp³-hybridized carbons (Fsp3) is 0.143. The van der Waals surface area contributed by atoms with Crippen molar-refractivity contribution in [3.63, 3.8) is 0 Å². The molecular formula is C14H15FN2O2S. The van der Waals surface area contributed by atoms with Crippen molar-refractivity contribution in [3.05, 3.63) is 59.9 Å². The highest BCUT2D eigenvalue weighted by Crippen LogP contribution is 2.25. The number of hydrogen-bond donors (Lipinski definition) is 1. The molecule has 0 aliphatic heterocycles. The molecule has 2 rings (SSSR count). The maximum Gasteiger partial charge on any atom is 0.264 e. The largest absolute Gasteiger partial charge is 0.326 e. The maximum absolute atomic E-state index is 13.2. The lowest BCUT2D eigenvalue weighted by Crippen LogP contribution is -2.28. The number of benzene rings is 2. The molecule has 0 unspecified atom stereocenters. The normalized spacial score (nSPS) is 11.3. The highest BCUT2D eigenvalue weighted by molar-refractivity contribution is 7.92. The summed E-state index contributed by atoms with van der Waals surface area (Å²) in [7, 11) is -2.38. The zero-order valence-electron chi connectivity index (χ0n) is 11.0. The van der Waals surface area contributed by atoms with Crippen molar-refractivity contribution >= 4 is 15.7 Å². The first-order valence-corrected chi connectivity index (χ1v) is 7.43. The predicted molar refractivity (Wildman–Crippen MR) is 76.3 cm³/mol. The molecule has 106 valence electrons. The zero-order valence-corrected chi connectivity index (χ0v) is 11.8. The van der Waals surface area contributed by atoms with E-state index in [9.17, 15) is 12.8 Å². The van der Waals surface area contributed by atoms with Gasteiger partial charge in [-0.3, -0.25) is 4.31 Å². The molecule has 0 heterocycles. The third-order valence-electron chi connectivity index (χ3n) is 3.01. The molecule has 0 fully saturated rings. The van der Waals surface area contributed by atoms with Crippen LogP contribution in [0.4, 0.5) is 10.1 Å². The molecule has 0 aliphatic rings. The van der Waals surface area contributed by atoms with Crippen LogP contribution in [0.15, 0.2) is 53.4 Å². The number of rotatable bonds is 4. The summed E-state index contributed by atoms with van der Waals surface area (Å²) in [5, 5.41) is 0. The summed E-state index contributed by atoms with van der Waals surface area (Å²) in [6, 6.07) is 11.9. The molecule has 4 nitrogen and oxygen atoms in total. The summed E-state index contributed by atoms with van der Waals surface area (Å²) < 4.78 is 39.3. The summed E-state index contributed by atoms with van der Waals surface area (Å²) in [6.07, 6.45) is 0. The molecular weight excluding hydrogens is 279 g/mol. The van der Waals surface area contributed by atoms with Gasteiger partial charge in [-0.2, -0.15) is 0 Å². The molecule has 0 aliphatic carbocycles. The number of hydrogen-bond acceptors (Lipinski definition) is 3. The Balaban J connectivity index is 2.49. The van der Waals surface area contributed by atoms with Crippen LogP contribution >= 0.6 is 0 Å². The SMILES string of the molecule is CN(c1ccccc1CN)S(=O)(=O)c1cccc(F)c1. The van der Waals surface area contributed by atoms with E-state index in [0.29, 0.717) is 11.3 Å². The van der Waals surface area contributed by atoms with Crippen LogP contribution < -0.4 is 10.0 Å². The number of nitrogens with zero attached hydrogens (tertiary/aromatic N) is 1. The molecule has 6 heteroatoms. The van der Waals surface area contributed by atoms with Crippen LogP contribution in [0.5, 0.6) is 0 Å². The van der Waals surface area contributed by atoms with Crippen LogP contribution in [-0.4, -0.2) is 15.5 Å². The summed E-state index contributed by atoms with van der Waals surface area (Å²) in [4.78, 5) is -0.0909. The topological polar surface area (TPSA) is 63.4 Å². The van der Waals surface area contributed by atoms with E-state index in [0.717, 1.165) is 10.4 Å². The highest BCUT2D eigenvalue weighted by atomic mass is 32.2. The highest BCUT2D eigenvalue weighted by Gasteiger charge is 2.23. The Labute approximate surface area is 117 Å². The molecule has 0 radical (unpaired) electrons. The molecule has 20 heavy (non-hydrogen) atoms. The van der Waals surface area contributed by atoms with E-state index < -0.39 is 15.8 Å². The quantitative estimate of drug-likeness (QED) is 0.939. The fourth-order valence-electron chi connectivity index (χ4n) is 1.91. The van der Waals surface area contributed by atoms with E-state index in [4.69, 9.17) is 5.73 Å². The fourth-order valence-corrected chi connectivity index (χ4v) is 3.17. The van der Waals surface area contributed by atoms with Crippen molar-refractivity contribution in [2.75, 3.05) is 11.4 Å². The van der Waals surface area contributed by atoms with Crippen molar-refractivity contribution in [2.45, 2.75) is 11.4 Å². The van der Waals surface area contributed by atoms with E-state index in [1.165, 1.54) is 25.2 Å². The van der Waals surface area contributed by atoms with Gasteiger partial charge in [-0.25, -0.2) is 12.8 Å². The zero-order chi connectivity index (χ0) is 14.8. The lowest BCUT2D eigenvalue weighted by atomic mass is 10.2. The third-order valence-corrected chi connectivity index (χ3v) is 4.77. The van der Waals surface area contributed by atoms with Gasteiger partial charge in [-0.1, -0.05) is 24.3 Å². The van der Waals surface area contributed by atoms with Gasteiger partial charge in [-0.05, 0) is 29.8 Å². The predicted octanol–water partition coefficient (Wildman–Crippen LogP) is 2.11. The second-order valence-electron chi connectivity index (χ2n) is 4.26. The number of halogens is 1. The van der Waals surface area contributed by atoms with Gasteiger partial charge < -0.3 is 5.73 Å². The monoisotopic (exact) mass is 294 g/mol. The van der Waals surface area contributed by atoms with Crippen LogP contribution in [-0.2, 0) is 16.6 Å². The summed E-state index contributed by atoms with van der Waals surface area (Å²) in [5.74, 6) is -0.591. The van der Waals surface area contributed by atoms with Crippen LogP contribution in [0, 0.1) is 5.82 Å². The molecule has 0 spiro atoms. The van der Waals surface area contributed by atoms with E-state index >= 15 is 0 Å². The Morgan fingerprint density at radius 2 is 1.85 bits per heavy atom. The smallest absolute Gasteiger partial charge is 0.264 e. The summed E-state index contributed by atoms with van der Waals surface area (Å²) >= 11 is 0. The van der Waals surface area contributed by atoms with Gasteiger partial charge >= 0.3 is 0 Å². The molecule has 0 amide bonds. The van der Waals surface area contributed by atoms with Crippen molar-refractivity contribution in [1.82, 2.24) is 0 Å². The van der Waals surface area contributed by atoms with Gasteiger partial charge in [0.2, 0.25) is 0 Å². The average molecular weight is 294 g/mol. The molecule has 2 aromatic rings. The Morgan fingerprint density at radius 3 is 2.50 bits per heavy atom. The van der Waals surface area contributed by atoms with Crippen molar-refractivity contribution in [2.24, 2.45) is 5.73 Å². The second-order valence-corrected chi connectivity index (χ2v) is 6.23. The first-order valence-electron chi connectivity index (χ1n) is 5.99. The van der Waals surface area contributed by atoms with Crippen LogP contribution in [0.3, 0.4) is 0 Å². The minimum Gasteiger partial charge on any atom is -0.326 e. The van der Waals surface area contributed by atoms with E-state index in [2.05, 4.69) is 0 Å². The van der Waals surface area contributed by atoms with Gasteiger partial charge in [0.1, 0.15) is 5.82 Å². The lowest BCUT2D eigenvalue weighted by Gasteiger charge is -2.22. The molecule has 0 saturated carbocycles. The number of para-hydroxylation sites is 1. The van der Waals surface area contributed by atoms with E-state index in [1.807, 2.05) is 0 Å². The maximum atomic E-state index is 13.2. The third kappa shape index (κ3) is 2.66. The molecule has 2 N–H and O–H groups in total. The van der Waals surface area contributed by atoms with Crippen LogP contribution in [0.2, 0.25) is 0 Å². The average Bonchev–Trinajstić information content (AvgIpc) is 2.46. The first-order chi connectivity index (χ1) is 9.46. The van der Waals surface area contributed by atoms with Gasteiger partial charge in [0.25, 0.3) is 10.0 Å². The molecule has 0 saturated heterocycles. The Bertz CT molecular complexity index is 717. The van der Waals surface area contributed by atoms with Crippen molar-refractivity contribution in [3.8, 4) is 0 Å². The summed E-state index contributed by atoms with van der Waals surface area (Å²) in [6.45, 7) is 0.221. The number of nitrogens with two attached hydrogens (primary N) is 1. The van der Waals surface area contributed by atoms with E-state index in [1.54, 1.807) is 24.3 Å². The van der Waals surface area contributed by atoms with Crippen molar-refractivity contribution < 1.29 is 12.8 Å². The molecule has 0 aromatic heterocycles.